The Labute approximate surface area is 121 Å². The lowest BCUT2D eigenvalue weighted by atomic mass is 9.96. The summed E-state index contributed by atoms with van der Waals surface area (Å²) in [7, 11) is 0. The Morgan fingerprint density at radius 1 is 1.30 bits per heavy atom. The molecular weight excluding hydrogens is 248 g/mol. The van der Waals surface area contributed by atoms with Gasteiger partial charge in [-0.25, -0.2) is 4.98 Å². The van der Waals surface area contributed by atoms with Crippen molar-refractivity contribution < 1.29 is 4.42 Å². The van der Waals surface area contributed by atoms with E-state index < -0.39 is 0 Å². The Kier molecular flexibility index (Phi) is 6.55. The summed E-state index contributed by atoms with van der Waals surface area (Å²) in [6.07, 6.45) is 3.13. The Bertz CT molecular complexity index is 575. The van der Waals surface area contributed by atoms with Gasteiger partial charge in [-0.1, -0.05) is 45.6 Å². The fourth-order valence-electron chi connectivity index (χ4n) is 1.73. The number of oxazole rings is 1. The van der Waals surface area contributed by atoms with E-state index in [0.717, 1.165) is 16.9 Å². The van der Waals surface area contributed by atoms with Crippen LogP contribution in [0.5, 0.6) is 0 Å². The van der Waals surface area contributed by atoms with Gasteiger partial charge >= 0.3 is 0 Å². The molecule has 0 unspecified atom stereocenters. The van der Waals surface area contributed by atoms with E-state index in [-0.39, 0.29) is 0 Å². The summed E-state index contributed by atoms with van der Waals surface area (Å²) in [6, 6.07) is 6.20. The molecule has 0 spiro atoms. The molecule has 0 atom stereocenters. The van der Waals surface area contributed by atoms with E-state index in [2.05, 4.69) is 42.8 Å². The number of aromatic nitrogens is 1. The molecule has 1 heterocycles. The number of hydrogen-bond acceptors (Lipinski definition) is 3. The highest BCUT2D eigenvalue weighted by Crippen LogP contribution is 2.27. The summed E-state index contributed by atoms with van der Waals surface area (Å²) in [5.41, 5.74) is 8.55. The molecule has 0 saturated carbocycles. The van der Waals surface area contributed by atoms with Gasteiger partial charge in [0.2, 0.25) is 0 Å². The van der Waals surface area contributed by atoms with Crippen LogP contribution < -0.4 is 5.73 Å². The number of hydrogen-bond donors (Lipinski definition) is 1. The van der Waals surface area contributed by atoms with E-state index in [4.69, 9.17) is 10.2 Å². The van der Waals surface area contributed by atoms with Crippen LogP contribution in [0.15, 0.2) is 35.2 Å². The van der Waals surface area contributed by atoms with Crippen molar-refractivity contribution in [1.29, 1.82) is 0 Å². The zero-order valence-corrected chi connectivity index (χ0v) is 12.6. The fourth-order valence-corrected chi connectivity index (χ4v) is 1.73. The first-order chi connectivity index (χ1) is 9.72. The molecule has 20 heavy (non-hydrogen) atoms. The van der Waals surface area contributed by atoms with E-state index in [1.54, 1.807) is 6.20 Å². The number of nitrogens with zero attached hydrogens (tertiary/aromatic N) is 1. The Morgan fingerprint density at radius 2 is 2.05 bits per heavy atom. The second-order valence-electron chi connectivity index (χ2n) is 4.33. The van der Waals surface area contributed by atoms with Crippen LogP contribution in [0.2, 0.25) is 0 Å². The number of rotatable bonds is 2. The molecule has 3 nitrogen and oxygen atoms in total. The van der Waals surface area contributed by atoms with Gasteiger partial charge in [0.1, 0.15) is 0 Å². The van der Waals surface area contributed by atoms with Crippen molar-refractivity contribution in [2.45, 2.75) is 33.6 Å². The zero-order chi connectivity index (χ0) is 15.0. The zero-order valence-electron chi connectivity index (χ0n) is 12.6. The highest BCUT2D eigenvalue weighted by molar-refractivity contribution is 5.67. The Balaban J connectivity index is 0.000000956. The lowest BCUT2D eigenvalue weighted by Crippen LogP contribution is -1.94. The van der Waals surface area contributed by atoms with Gasteiger partial charge in [0, 0.05) is 11.1 Å². The second kappa shape index (κ2) is 8.19. The van der Waals surface area contributed by atoms with E-state index in [0.29, 0.717) is 12.5 Å². The van der Waals surface area contributed by atoms with E-state index in [1.165, 1.54) is 12.0 Å². The maximum Gasteiger partial charge on any atom is 0.181 e. The minimum Gasteiger partial charge on any atom is -0.443 e. The molecule has 106 valence electrons. The summed E-state index contributed by atoms with van der Waals surface area (Å²) < 4.78 is 5.36. The van der Waals surface area contributed by atoms with Gasteiger partial charge in [0.05, 0.1) is 12.7 Å². The molecule has 0 aliphatic heterocycles. The van der Waals surface area contributed by atoms with Gasteiger partial charge in [-0.3, -0.25) is 0 Å². The summed E-state index contributed by atoms with van der Waals surface area (Å²) >= 11 is 0. The molecule has 0 amide bonds. The van der Waals surface area contributed by atoms with E-state index in [9.17, 15) is 0 Å². The molecule has 0 fully saturated rings. The topological polar surface area (TPSA) is 52.0 Å². The minimum absolute atomic E-state index is 0.349. The predicted octanol–water partition coefficient (Wildman–Crippen LogP) is 3.80. The molecule has 0 radical (unpaired) electrons. The Hall–Kier alpha value is -2.05. The van der Waals surface area contributed by atoms with Crippen molar-refractivity contribution in [3.8, 4) is 23.2 Å². The first-order valence-electron chi connectivity index (χ1n) is 6.94. The largest absolute Gasteiger partial charge is 0.443 e. The standard InChI is InChI=1S/C15H16N2O.C2H6/c1-11(2)13-6-5-12(4-3-7-16)14(8-13)15-9-17-10-18-15;1-2/h5-6,8-11H,7,16H2,1-2H3;1-2H3. The SMILES string of the molecule is CC.CC(C)c1ccc(C#CCN)c(-c2cnco2)c1. The molecule has 0 bridgehead atoms. The molecule has 1 aromatic carbocycles. The molecule has 2 N–H and O–H groups in total. The third kappa shape index (κ3) is 3.97. The van der Waals surface area contributed by atoms with Crippen LogP contribution in [0.25, 0.3) is 11.3 Å². The van der Waals surface area contributed by atoms with Crippen LogP contribution >= 0.6 is 0 Å². The van der Waals surface area contributed by atoms with Gasteiger partial charge < -0.3 is 10.2 Å². The third-order valence-electron chi connectivity index (χ3n) is 2.73. The van der Waals surface area contributed by atoms with Gasteiger partial charge in [-0.2, -0.15) is 0 Å². The normalized spacial score (nSPS) is 9.50. The summed E-state index contributed by atoms with van der Waals surface area (Å²) in [5, 5.41) is 0. The molecular formula is C17H22N2O. The molecule has 0 aliphatic rings. The van der Waals surface area contributed by atoms with Crippen molar-refractivity contribution in [3.05, 3.63) is 41.9 Å². The maximum absolute atomic E-state index is 5.41. The molecule has 3 heteroatoms. The third-order valence-corrected chi connectivity index (χ3v) is 2.73. The predicted molar refractivity (Wildman–Crippen MR) is 83.3 cm³/mol. The van der Waals surface area contributed by atoms with Gasteiger partial charge in [-0.15, -0.1) is 0 Å². The molecule has 0 aliphatic carbocycles. The fraction of sp³-hybridized carbons (Fsp3) is 0.353. The van der Waals surface area contributed by atoms with Gasteiger partial charge in [0.15, 0.2) is 12.2 Å². The van der Waals surface area contributed by atoms with Crippen molar-refractivity contribution >= 4 is 0 Å². The first-order valence-corrected chi connectivity index (χ1v) is 6.94. The Morgan fingerprint density at radius 3 is 2.60 bits per heavy atom. The van der Waals surface area contributed by atoms with Crippen LogP contribution in [0.1, 0.15) is 44.7 Å². The molecule has 1 aromatic heterocycles. The van der Waals surface area contributed by atoms with Crippen molar-refractivity contribution in [1.82, 2.24) is 4.98 Å². The van der Waals surface area contributed by atoms with Crippen LogP contribution in [-0.4, -0.2) is 11.5 Å². The van der Waals surface area contributed by atoms with Crippen molar-refractivity contribution in [2.75, 3.05) is 6.54 Å². The quantitative estimate of drug-likeness (QED) is 0.844. The van der Waals surface area contributed by atoms with Crippen LogP contribution in [0.4, 0.5) is 0 Å². The van der Waals surface area contributed by atoms with Crippen molar-refractivity contribution in [2.24, 2.45) is 5.73 Å². The van der Waals surface area contributed by atoms with Crippen molar-refractivity contribution in [3.63, 3.8) is 0 Å². The average Bonchev–Trinajstić information content (AvgIpc) is 3.01. The highest BCUT2D eigenvalue weighted by atomic mass is 16.3. The minimum atomic E-state index is 0.349. The summed E-state index contributed by atoms with van der Waals surface area (Å²) in [5.74, 6) is 7.13. The van der Waals surface area contributed by atoms with E-state index >= 15 is 0 Å². The molecule has 2 rings (SSSR count). The smallest absolute Gasteiger partial charge is 0.181 e. The van der Waals surface area contributed by atoms with Crippen LogP contribution in [0.3, 0.4) is 0 Å². The molecule has 2 aromatic rings. The van der Waals surface area contributed by atoms with E-state index in [1.807, 2.05) is 19.9 Å². The second-order valence-corrected chi connectivity index (χ2v) is 4.33. The van der Waals surface area contributed by atoms with Crippen LogP contribution in [0, 0.1) is 11.8 Å². The lowest BCUT2D eigenvalue weighted by molar-refractivity contribution is 0.571. The van der Waals surface area contributed by atoms with Crippen LogP contribution in [-0.2, 0) is 0 Å². The number of benzene rings is 1. The number of nitrogens with two attached hydrogens (primary N) is 1. The average molecular weight is 270 g/mol. The lowest BCUT2D eigenvalue weighted by Gasteiger charge is -2.08. The summed E-state index contributed by atoms with van der Waals surface area (Å²) in [6.45, 7) is 8.66. The summed E-state index contributed by atoms with van der Waals surface area (Å²) in [4.78, 5) is 3.95. The maximum atomic E-state index is 5.41. The first kappa shape index (κ1) is 16.0. The molecule has 0 saturated heterocycles. The monoisotopic (exact) mass is 270 g/mol. The van der Waals surface area contributed by atoms with Gasteiger partial charge in [0.25, 0.3) is 0 Å². The van der Waals surface area contributed by atoms with Gasteiger partial charge in [-0.05, 0) is 23.6 Å². The highest BCUT2D eigenvalue weighted by Gasteiger charge is 2.09.